The van der Waals surface area contributed by atoms with Gasteiger partial charge in [-0.2, -0.15) is 0 Å². The Kier molecular flexibility index (Phi) is 5.52. The second-order valence-electron chi connectivity index (χ2n) is 8.38. The van der Waals surface area contributed by atoms with Gasteiger partial charge in [0.25, 0.3) is 0 Å². The number of ether oxygens (including phenoxy) is 1. The van der Waals surface area contributed by atoms with Gasteiger partial charge in [-0.05, 0) is 66.7 Å². The molecule has 1 aliphatic carbocycles. The summed E-state index contributed by atoms with van der Waals surface area (Å²) in [5, 5.41) is 10.5. The Morgan fingerprint density at radius 2 is 1.52 bits per heavy atom. The van der Waals surface area contributed by atoms with Gasteiger partial charge in [0, 0.05) is 5.92 Å². The van der Waals surface area contributed by atoms with Gasteiger partial charge in [0.2, 0.25) is 0 Å². The van der Waals surface area contributed by atoms with Crippen LogP contribution in [0.4, 0.5) is 0 Å². The summed E-state index contributed by atoms with van der Waals surface area (Å²) in [5.74, 6) is 0.261. The second-order valence-corrected chi connectivity index (χ2v) is 8.38. The van der Waals surface area contributed by atoms with Crippen LogP contribution in [0.1, 0.15) is 80.6 Å². The average molecular weight is 298 g/mol. The number of carbonyl (C=O) groups excluding carboxylic acids is 1. The molecule has 0 bridgehead atoms. The predicted molar refractivity (Wildman–Crippen MR) is 86.0 cm³/mol. The maximum atomic E-state index is 12.4. The summed E-state index contributed by atoms with van der Waals surface area (Å²) in [6.07, 6.45) is 5.08. The number of hydrogen-bond acceptors (Lipinski definition) is 3. The molecule has 0 spiro atoms. The minimum Gasteiger partial charge on any atom is -0.459 e. The SMILES string of the molecule is CCC(C)(C)C(=O)OC(C)(C)C1CCCCC1C(C)(C)O. The van der Waals surface area contributed by atoms with Gasteiger partial charge in [0.1, 0.15) is 5.60 Å². The molecule has 0 aromatic rings. The molecule has 1 saturated carbocycles. The van der Waals surface area contributed by atoms with E-state index in [1.807, 2.05) is 48.5 Å². The quantitative estimate of drug-likeness (QED) is 0.769. The third kappa shape index (κ3) is 4.45. The minimum absolute atomic E-state index is 0.130. The Hall–Kier alpha value is -0.570. The highest BCUT2D eigenvalue weighted by molar-refractivity contribution is 5.76. The summed E-state index contributed by atoms with van der Waals surface area (Å²) in [5.41, 5.74) is -1.71. The maximum absolute atomic E-state index is 12.4. The van der Waals surface area contributed by atoms with Crippen LogP contribution in [0.5, 0.6) is 0 Å². The van der Waals surface area contributed by atoms with Crippen LogP contribution in [0, 0.1) is 17.3 Å². The molecule has 3 heteroatoms. The third-order valence-electron chi connectivity index (χ3n) is 5.36. The highest BCUT2D eigenvalue weighted by atomic mass is 16.6. The topological polar surface area (TPSA) is 46.5 Å². The molecule has 21 heavy (non-hydrogen) atoms. The van der Waals surface area contributed by atoms with Crippen molar-refractivity contribution in [2.75, 3.05) is 0 Å². The standard InChI is InChI=1S/C18H34O3/c1-8-16(2,3)15(19)21-18(6,7)14-12-10-9-11-13(14)17(4,5)20/h13-14,20H,8-12H2,1-7H3. The first-order chi connectivity index (χ1) is 9.42. The molecule has 1 fully saturated rings. The van der Waals surface area contributed by atoms with Crippen LogP contribution in [0.25, 0.3) is 0 Å². The summed E-state index contributed by atoms with van der Waals surface area (Å²) in [6, 6.07) is 0. The van der Waals surface area contributed by atoms with E-state index in [2.05, 4.69) is 0 Å². The van der Waals surface area contributed by atoms with Gasteiger partial charge in [0.15, 0.2) is 0 Å². The van der Waals surface area contributed by atoms with Crippen LogP contribution >= 0.6 is 0 Å². The van der Waals surface area contributed by atoms with Gasteiger partial charge in [-0.15, -0.1) is 0 Å². The Balaban J connectivity index is 2.91. The summed E-state index contributed by atoms with van der Waals surface area (Å²) in [7, 11) is 0. The summed E-state index contributed by atoms with van der Waals surface area (Å²) in [4.78, 5) is 12.4. The number of carbonyl (C=O) groups is 1. The van der Waals surface area contributed by atoms with Gasteiger partial charge >= 0.3 is 5.97 Å². The molecular formula is C18H34O3. The van der Waals surface area contributed by atoms with Crippen molar-refractivity contribution in [1.82, 2.24) is 0 Å². The van der Waals surface area contributed by atoms with Crippen molar-refractivity contribution < 1.29 is 14.6 Å². The lowest BCUT2D eigenvalue weighted by molar-refractivity contribution is -0.182. The molecule has 1 aliphatic rings. The van der Waals surface area contributed by atoms with Gasteiger partial charge in [0.05, 0.1) is 11.0 Å². The summed E-state index contributed by atoms with van der Waals surface area (Å²) in [6.45, 7) is 13.6. The first-order valence-corrected chi connectivity index (χ1v) is 8.37. The van der Waals surface area contributed by atoms with Crippen molar-refractivity contribution in [3.63, 3.8) is 0 Å². The Morgan fingerprint density at radius 1 is 1.05 bits per heavy atom. The molecule has 1 N–H and O–H groups in total. The third-order valence-corrected chi connectivity index (χ3v) is 5.36. The predicted octanol–water partition coefficient (Wildman–Crippen LogP) is 4.32. The van der Waals surface area contributed by atoms with E-state index in [9.17, 15) is 9.90 Å². The zero-order valence-corrected chi connectivity index (χ0v) is 15.0. The van der Waals surface area contributed by atoms with Crippen LogP contribution in [0.2, 0.25) is 0 Å². The van der Waals surface area contributed by atoms with Crippen molar-refractivity contribution >= 4 is 5.97 Å². The van der Waals surface area contributed by atoms with Crippen molar-refractivity contribution in [3.05, 3.63) is 0 Å². The molecule has 0 aromatic heterocycles. The molecule has 0 saturated heterocycles. The van der Waals surface area contributed by atoms with E-state index in [-0.39, 0.29) is 17.8 Å². The zero-order valence-electron chi connectivity index (χ0n) is 15.0. The highest BCUT2D eigenvalue weighted by Gasteiger charge is 2.46. The molecule has 0 amide bonds. The van der Waals surface area contributed by atoms with Crippen molar-refractivity contribution in [3.8, 4) is 0 Å². The molecule has 1 rings (SSSR count). The molecule has 0 aliphatic heterocycles. The maximum Gasteiger partial charge on any atom is 0.312 e. The second kappa shape index (κ2) is 6.28. The molecule has 0 radical (unpaired) electrons. The Bertz CT molecular complexity index is 363. The van der Waals surface area contributed by atoms with E-state index in [1.54, 1.807) is 0 Å². The molecular weight excluding hydrogens is 264 g/mol. The highest BCUT2D eigenvalue weighted by Crippen LogP contribution is 2.44. The molecule has 0 heterocycles. The normalized spacial score (nSPS) is 24.8. The lowest BCUT2D eigenvalue weighted by Gasteiger charge is -2.47. The van der Waals surface area contributed by atoms with Gasteiger partial charge < -0.3 is 9.84 Å². The molecule has 3 nitrogen and oxygen atoms in total. The molecule has 2 atom stereocenters. The smallest absolute Gasteiger partial charge is 0.312 e. The van der Waals surface area contributed by atoms with Crippen LogP contribution < -0.4 is 0 Å². The van der Waals surface area contributed by atoms with Crippen LogP contribution in [0.15, 0.2) is 0 Å². The van der Waals surface area contributed by atoms with Gasteiger partial charge in [-0.3, -0.25) is 4.79 Å². The van der Waals surface area contributed by atoms with E-state index < -0.39 is 16.6 Å². The van der Waals surface area contributed by atoms with Crippen LogP contribution in [-0.4, -0.2) is 22.3 Å². The fourth-order valence-electron chi connectivity index (χ4n) is 3.41. The fraction of sp³-hybridized carbons (Fsp3) is 0.944. The zero-order chi connectivity index (χ0) is 16.5. The number of esters is 1. The molecule has 124 valence electrons. The number of hydrogen-bond donors (Lipinski definition) is 1. The largest absolute Gasteiger partial charge is 0.459 e. The average Bonchev–Trinajstić information content (AvgIpc) is 2.37. The number of aliphatic hydroxyl groups is 1. The number of rotatable bonds is 5. The van der Waals surface area contributed by atoms with Crippen molar-refractivity contribution in [1.29, 1.82) is 0 Å². The van der Waals surface area contributed by atoms with Crippen LogP contribution in [0.3, 0.4) is 0 Å². The monoisotopic (exact) mass is 298 g/mol. The molecule has 0 aromatic carbocycles. The summed E-state index contributed by atoms with van der Waals surface area (Å²) < 4.78 is 5.91. The van der Waals surface area contributed by atoms with E-state index in [1.165, 1.54) is 0 Å². The summed E-state index contributed by atoms with van der Waals surface area (Å²) >= 11 is 0. The first-order valence-electron chi connectivity index (χ1n) is 8.37. The van der Waals surface area contributed by atoms with E-state index in [0.29, 0.717) is 0 Å². The van der Waals surface area contributed by atoms with E-state index >= 15 is 0 Å². The lowest BCUT2D eigenvalue weighted by Crippen LogP contribution is -2.50. The van der Waals surface area contributed by atoms with Crippen molar-refractivity contribution in [2.45, 2.75) is 91.8 Å². The first kappa shape index (κ1) is 18.5. The Morgan fingerprint density at radius 3 is 1.95 bits per heavy atom. The molecule has 2 unspecified atom stereocenters. The van der Waals surface area contributed by atoms with Crippen LogP contribution in [-0.2, 0) is 9.53 Å². The fourth-order valence-corrected chi connectivity index (χ4v) is 3.41. The van der Waals surface area contributed by atoms with Gasteiger partial charge in [-0.25, -0.2) is 0 Å². The van der Waals surface area contributed by atoms with Crippen molar-refractivity contribution in [2.24, 2.45) is 17.3 Å². The van der Waals surface area contributed by atoms with E-state index in [4.69, 9.17) is 4.74 Å². The minimum atomic E-state index is -0.727. The Labute approximate surface area is 130 Å². The van der Waals surface area contributed by atoms with Gasteiger partial charge in [-0.1, -0.05) is 19.8 Å². The van der Waals surface area contributed by atoms with E-state index in [0.717, 1.165) is 32.1 Å². The lowest BCUT2D eigenvalue weighted by atomic mass is 9.65.